The predicted octanol–water partition coefficient (Wildman–Crippen LogP) is 5.02. The minimum absolute atomic E-state index is 1.17. The van der Waals surface area contributed by atoms with Gasteiger partial charge in [0.15, 0.2) is 0 Å². The molecule has 0 saturated carbocycles. The van der Waals surface area contributed by atoms with Gasteiger partial charge in [-0.05, 0) is 54.7 Å². The molecule has 0 aliphatic rings. The van der Waals surface area contributed by atoms with Crippen molar-refractivity contribution in [1.82, 2.24) is 0 Å². The highest BCUT2D eigenvalue weighted by Gasteiger charge is 1.97. The molecule has 2 aromatic rings. The molecule has 0 radical (unpaired) electrons. The summed E-state index contributed by atoms with van der Waals surface area (Å²) >= 11 is 0. The molecule has 0 saturated heterocycles. The number of aryl methyl sites for hydroxylation is 2. The summed E-state index contributed by atoms with van der Waals surface area (Å²) in [4.78, 5) is 0. The van der Waals surface area contributed by atoms with Crippen LogP contribution in [-0.4, -0.2) is 0 Å². The Bertz CT molecular complexity index is 577. The molecule has 0 fully saturated rings. The summed E-state index contributed by atoms with van der Waals surface area (Å²) in [7, 11) is 0. The van der Waals surface area contributed by atoms with Gasteiger partial charge in [-0.15, -0.1) is 5.73 Å². The summed E-state index contributed by atoms with van der Waals surface area (Å²) in [6, 6.07) is 16.7. The summed E-state index contributed by atoms with van der Waals surface area (Å²) < 4.78 is 0. The van der Waals surface area contributed by atoms with E-state index in [9.17, 15) is 0 Å². The quantitative estimate of drug-likeness (QED) is 0.640. The summed E-state index contributed by atoms with van der Waals surface area (Å²) in [5, 5.41) is 0. The largest absolute Gasteiger partial charge is 0.116 e. The van der Waals surface area contributed by atoms with Gasteiger partial charge in [-0.1, -0.05) is 48.5 Å². The molecule has 0 unspecified atom stereocenters. The molecule has 0 aliphatic carbocycles. The van der Waals surface area contributed by atoms with Crippen LogP contribution in [0.2, 0.25) is 0 Å². The lowest BCUT2D eigenvalue weighted by Gasteiger charge is -2.03. The van der Waals surface area contributed by atoms with Crippen LogP contribution in [0.25, 0.3) is 11.6 Å². The molecule has 0 heterocycles. The van der Waals surface area contributed by atoms with E-state index in [-0.39, 0.29) is 0 Å². The Kier molecular flexibility index (Phi) is 3.82. The van der Waals surface area contributed by atoms with Gasteiger partial charge < -0.3 is 0 Å². The highest BCUT2D eigenvalue weighted by molar-refractivity contribution is 5.69. The van der Waals surface area contributed by atoms with Crippen LogP contribution in [-0.2, 0) is 0 Å². The van der Waals surface area contributed by atoms with Gasteiger partial charge in [0.05, 0.1) is 0 Å². The van der Waals surface area contributed by atoms with Crippen molar-refractivity contribution in [1.29, 1.82) is 0 Å². The van der Waals surface area contributed by atoms with Crippen LogP contribution in [0, 0.1) is 13.8 Å². The Morgan fingerprint density at radius 3 is 2.11 bits per heavy atom. The lowest BCUT2D eigenvalue weighted by atomic mass is 10.0. The first-order valence-electron chi connectivity index (χ1n) is 6.23. The van der Waals surface area contributed by atoms with Crippen molar-refractivity contribution in [2.45, 2.75) is 20.8 Å². The molecule has 0 aliphatic heterocycles. The molecule has 0 heteroatoms. The monoisotopic (exact) mass is 234 g/mol. The van der Waals surface area contributed by atoms with Gasteiger partial charge in [-0.3, -0.25) is 0 Å². The van der Waals surface area contributed by atoms with Crippen LogP contribution in [0.4, 0.5) is 0 Å². The highest BCUT2D eigenvalue weighted by Crippen LogP contribution is 2.16. The lowest BCUT2D eigenvalue weighted by molar-refractivity contribution is 1.36. The van der Waals surface area contributed by atoms with Crippen LogP contribution < -0.4 is 0 Å². The summed E-state index contributed by atoms with van der Waals surface area (Å²) in [5.74, 6) is 0. The van der Waals surface area contributed by atoms with Crippen molar-refractivity contribution in [3.05, 3.63) is 76.5 Å². The Hall–Kier alpha value is -2.04. The number of rotatable bonds is 2. The average Bonchev–Trinajstić information content (AvgIpc) is 2.39. The molecular weight excluding hydrogens is 216 g/mol. The van der Waals surface area contributed by atoms with Crippen molar-refractivity contribution in [3.8, 4) is 0 Å². The molecule has 0 nitrogen and oxygen atoms in total. The van der Waals surface area contributed by atoms with E-state index in [0.717, 1.165) is 0 Å². The van der Waals surface area contributed by atoms with E-state index in [4.69, 9.17) is 0 Å². The van der Waals surface area contributed by atoms with E-state index in [1.54, 1.807) is 0 Å². The molecule has 0 amide bonds. The Labute approximate surface area is 109 Å². The van der Waals surface area contributed by atoms with E-state index in [2.05, 4.69) is 75.0 Å². The Morgan fingerprint density at radius 1 is 0.889 bits per heavy atom. The van der Waals surface area contributed by atoms with Crippen molar-refractivity contribution in [3.63, 3.8) is 0 Å². The maximum absolute atomic E-state index is 3.39. The van der Waals surface area contributed by atoms with Gasteiger partial charge >= 0.3 is 0 Å². The van der Waals surface area contributed by atoms with Crippen molar-refractivity contribution >= 4 is 11.6 Å². The molecule has 18 heavy (non-hydrogen) atoms. The Balaban J connectivity index is 2.41. The van der Waals surface area contributed by atoms with Crippen LogP contribution in [0.15, 0.2) is 54.3 Å². The van der Waals surface area contributed by atoms with Gasteiger partial charge in [0.2, 0.25) is 0 Å². The minimum Gasteiger partial charge on any atom is -0.116 e. The van der Waals surface area contributed by atoms with Gasteiger partial charge in [0.25, 0.3) is 0 Å². The Morgan fingerprint density at radius 2 is 1.50 bits per heavy atom. The van der Waals surface area contributed by atoms with E-state index in [0.29, 0.717) is 0 Å². The topological polar surface area (TPSA) is 0 Å². The maximum atomic E-state index is 3.39. The average molecular weight is 234 g/mol. The minimum atomic E-state index is 1.17. The van der Waals surface area contributed by atoms with Gasteiger partial charge in [0, 0.05) is 0 Å². The van der Waals surface area contributed by atoms with Crippen LogP contribution >= 0.6 is 0 Å². The molecule has 2 aromatic carbocycles. The third kappa shape index (κ3) is 2.80. The molecule has 2 rings (SSSR count). The molecule has 90 valence electrons. The third-order valence-electron chi connectivity index (χ3n) is 3.18. The zero-order valence-corrected chi connectivity index (χ0v) is 11.2. The predicted molar refractivity (Wildman–Crippen MR) is 79.4 cm³/mol. The number of hydrogen-bond acceptors (Lipinski definition) is 0. The van der Waals surface area contributed by atoms with E-state index in [1.807, 2.05) is 6.07 Å². The van der Waals surface area contributed by atoms with Crippen molar-refractivity contribution in [2.24, 2.45) is 0 Å². The van der Waals surface area contributed by atoms with Crippen LogP contribution in [0.1, 0.15) is 29.2 Å². The van der Waals surface area contributed by atoms with Crippen molar-refractivity contribution < 1.29 is 0 Å². The fraction of sp³-hybridized carbons (Fsp3) is 0.167. The first kappa shape index (κ1) is 12.4. The molecule has 0 N–H and O–H groups in total. The van der Waals surface area contributed by atoms with E-state index < -0.39 is 0 Å². The molecule has 0 bridgehead atoms. The van der Waals surface area contributed by atoms with Crippen LogP contribution in [0.3, 0.4) is 0 Å². The third-order valence-corrected chi connectivity index (χ3v) is 3.18. The molecule has 0 spiro atoms. The smallest absolute Gasteiger partial charge is 0.00188 e. The SMILES string of the molecule is CC(=C=Cc1c(C)cccc1C)c1ccccc1. The fourth-order valence-corrected chi connectivity index (χ4v) is 2.01. The number of benzene rings is 2. The first-order chi connectivity index (χ1) is 8.68. The van der Waals surface area contributed by atoms with E-state index in [1.165, 1.54) is 27.8 Å². The highest BCUT2D eigenvalue weighted by atomic mass is 14.0. The molecule has 0 aromatic heterocycles. The van der Waals surface area contributed by atoms with E-state index >= 15 is 0 Å². The van der Waals surface area contributed by atoms with Crippen LogP contribution in [0.5, 0.6) is 0 Å². The normalized spacial score (nSPS) is 9.72. The lowest BCUT2D eigenvalue weighted by Crippen LogP contribution is -1.84. The maximum Gasteiger partial charge on any atom is -0.00188 e. The summed E-state index contributed by atoms with van der Waals surface area (Å²) in [5.41, 5.74) is 9.64. The standard InChI is InChI=1S/C18H18/c1-14(17-10-5-4-6-11-17)12-13-18-15(2)8-7-9-16(18)3/h4-11,13H,1-3H3. The first-order valence-corrected chi connectivity index (χ1v) is 6.23. The van der Waals surface area contributed by atoms with Gasteiger partial charge in [-0.25, -0.2) is 0 Å². The second-order valence-corrected chi connectivity index (χ2v) is 4.59. The summed E-state index contributed by atoms with van der Waals surface area (Å²) in [6.45, 7) is 6.37. The number of hydrogen-bond donors (Lipinski definition) is 0. The van der Waals surface area contributed by atoms with Gasteiger partial charge in [0.1, 0.15) is 0 Å². The molecule has 0 atom stereocenters. The second kappa shape index (κ2) is 5.53. The molecular formula is C18H18. The second-order valence-electron chi connectivity index (χ2n) is 4.59. The number of allylic oxidation sites excluding steroid dienone is 1. The summed E-state index contributed by atoms with van der Waals surface area (Å²) in [6.07, 6.45) is 2.09. The fourth-order valence-electron chi connectivity index (χ4n) is 2.01. The van der Waals surface area contributed by atoms with Crippen molar-refractivity contribution in [2.75, 3.05) is 0 Å². The zero-order chi connectivity index (χ0) is 13.0. The zero-order valence-electron chi connectivity index (χ0n) is 11.2. The van der Waals surface area contributed by atoms with Gasteiger partial charge in [-0.2, -0.15) is 0 Å².